The number of halogens is 4. The lowest BCUT2D eigenvalue weighted by Gasteiger charge is -2.37. The van der Waals surface area contributed by atoms with Gasteiger partial charge in [0, 0.05) is 23.8 Å². The molecule has 1 aromatic carbocycles. The third kappa shape index (κ3) is 3.79. The second-order valence-corrected chi connectivity index (χ2v) is 5.42. The molecule has 0 unspecified atom stereocenters. The van der Waals surface area contributed by atoms with Gasteiger partial charge in [0.15, 0.2) is 0 Å². The quantitative estimate of drug-likeness (QED) is 0.879. The second kappa shape index (κ2) is 6.11. The van der Waals surface area contributed by atoms with Crippen LogP contribution < -0.4 is 5.32 Å². The van der Waals surface area contributed by atoms with Gasteiger partial charge in [-0.2, -0.15) is 0 Å². The van der Waals surface area contributed by atoms with Gasteiger partial charge in [0.1, 0.15) is 11.4 Å². The number of nitrogens with zero attached hydrogens (tertiary/aromatic N) is 1. The summed E-state index contributed by atoms with van der Waals surface area (Å²) in [5.74, 6) is -0.594. The topological polar surface area (TPSA) is 52.6 Å². The zero-order valence-electron chi connectivity index (χ0n) is 11.0. The maximum atomic E-state index is 13.1. The Bertz CT molecular complexity index is 514. The average molecular weight is 323 g/mol. The maximum absolute atomic E-state index is 13.1. The molecule has 1 aliphatic heterocycles. The first-order valence-electron chi connectivity index (χ1n) is 6.33. The Labute approximate surface area is 124 Å². The van der Waals surface area contributed by atoms with Crippen molar-refractivity contribution in [3.8, 4) is 0 Å². The molecule has 2 N–H and O–H groups in total. The van der Waals surface area contributed by atoms with Gasteiger partial charge in [-0.15, -0.1) is 0 Å². The summed E-state index contributed by atoms with van der Waals surface area (Å²) in [5.41, 5.74) is -1.86. The lowest BCUT2D eigenvalue weighted by atomic mass is 9.92. The summed E-state index contributed by atoms with van der Waals surface area (Å²) in [7, 11) is 0. The number of carbonyl (C=O) groups is 1. The third-order valence-electron chi connectivity index (χ3n) is 3.44. The number of carbonyl (C=O) groups excluding carboxylic acids is 1. The number of hydrogen-bond acceptors (Lipinski definition) is 2. The maximum Gasteiger partial charge on any atom is 0.321 e. The van der Waals surface area contributed by atoms with E-state index in [9.17, 15) is 23.1 Å². The molecule has 21 heavy (non-hydrogen) atoms. The van der Waals surface area contributed by atoms with Crippen LogP contribution in [0.4, 0.5) is 23.7 Å². The van der Waals surface area contributed by atoms with E-state index in [1.54, 1.807) is 0 Å². The molecule has 0 atom stereocenters. The first kappa shape index (κ1) is 15.9. The Kier molecular flexibility index (Phi) is 4.63. The molecule has 0 aliphatic carbocycles. The van der Waals surface area contributed by atoms with Gasteiger partial charge in [0.05, 0.1) is 0 Å². The van der Waals surface area contributed by atoms with E-state index in [0.29, 0.717) is 0 Å². The SMILES string of the molecule is O=C(Nc1cc(F)cc(Cl)c1)N1CCC(O)(C(F)F)CC1. The molecule has 116 valence electrons. The summed E-state index contributed by atoms with van der Waals surface area (Å²) in [6.07, 6.45) is -3.26. The first-order valence-corrected chi connectivity index (χ1v) is 6.70. The smallest absolute Gasteiger partial charge is 0.321 e. The van der Waals surface area contributed by atoms with Crippen molar-refractivity contribution < 1.29 is 23.1 Å². The van der Waals surface area contributed by atoms with Crippen molar-refractivity contribution in [3.63, 3.8) is 0 Å². The fourth-order valence-corrected chi connectivity index (χ4v) is 2.37. The standard InChI is InChI=1S/C13H14ClF3N2O2/c14-8-5-9(15)7-10(6-8)18-12(20)19-3-1-13(21,2-4-19)11(16)17/h5-7,11,21H,1-4H2,(H,18,20). The van der Waals surface area contributed by atoms with Gasteiger partial charge in [-0.3, -0.25) is 0 Å². The molecule has 0 bridgehead atoms. The van der Waals surface area contributed by atoms with Crippen LogP contribution in [0.3, 0.4) is 0 Å². The van der Waals surface area contributed by atoms with E-state index >= 15 is 0 Å². The number of nitrogens with one attached hydrogen (secondary N) is 1. The van der Waals surface area contributed by atoms with E-state index < -0.39 is 23.9 Å². The van der Waals surface area contributed by atoms with Gasteiger partial charge in [0.2, 0.25) is 0 Å². The number of urea groups is 1. The zero-order valence-corrected chi connectivity index (χ0v) is 11.7. The number of piperidine rings is 1. The van der Waals surface area contributed by atoms with Crippen LogP contribution in [-0.4, -0.2) is 41.2 Å². The second-order valence-electron chi connectivity index (χ2n) is 4.98. The molecule has 1 fully saturated rings. The fraction of sp³-hybridized carbons (Fsp3) is 0.462. The van der Waals surface area contributed by atoms with Crippen molar-refractivity contribution in [2.24, 2.45) is 0 Å². The van der Waals surface area contributed by atoms with Crippen LogP contribution in [0.2, 0.25) is 5.02 Å². The van der Waals surface area contributed by atoms with Crippen molar-refractivity contribution in [3.05, 3.63) is 29.0 Å². The molecule has 1 aromatic rings. The summed E-state index contributed by atoms with van der Waals surface area (Å²) < 4.78 is 38.4. The van der Waals surface area contributed by atoms with E-state index in [1.807, 2.05) is 0 Å². The normalized spacial score (nSPS) is 17.9. The van der Waals surface area contributed by atoms with Crippen molar-refractivity contribution >= 4 is 23.3 Å². The Hall–Kier alpha value is -1.47. The van der Waals surface area contributed by atoms with Crippen LogP contribution in [0.5, 0.6) is 0 Å². The molecule has 0 saturated carbocycles. The van der Waals surface area contributed by atoms with Gasteiger partial charge < -0.3 is 15.3 Å². The number of likely N-dealkylation sites (tertiary alicyclic amines) is 1. The fourth-order valence-electron chi connectivity index (χ4n) is 2.14. The van der Waals surface area contributed by atoms with Crippen molar-refractivity contribution in [1.82, 2.24) is 4.90 Å². The Morgan fingerprint density at radius 2 is 1.95 bits per heavy atom. The summed E-state index contributed by atoms with van der Waals surface area (Å²) in [5, 5.41) is 12.2. The highest BCUT2D eigenvalue weighted by Crippen LogP contribution is 2.29. The number of alkyl halides is 2. The lowest BCUT2D eigenvalue weighted by Crippen LogP contribution is -2.51. The molecule has 8 heteroatoms. The average Bonchev–Trinajstić information content (AvgIpc) is 2.37. The minimum absolute atomic E-state index is 0.00424. The molecular formula is C13H14ClF3N2O2. The molecule has 1 aliphatic rings. The molecule has 1 saturated heterocycles. The molecule has 1 heterocycles. The van der Waals surface area contributed by atoms with Gasteiger partial charge in [-0.1, -0.05) is 11.6 Å². The molecule has 2 rings (SSSR count). The number of anilines is 1. The first-order chi connectivity index (χ1) is 9.80. The highest BCUT2D eigenvalue weighted by molar-refractivity contribution is 6.30. The Morgan fingerprint density at radius 1 is 1.33 bits per heavy atom. The summed E-state index contributed by atoms with van der Waals surface area (Å²) in [6.45, 7) is -0.00849. The van der Waals surface area contributed by atoms with Crippen molar-refractivity contribution in [2.75, 3.05) is 18.4 Å². The molecule has 0 radical (unpaired) electrons. The monoisotopic (exact) mass is 322 g/mol. The van der Waals surface area contributed by atoms with Gasteiger partial charge in [-0.25, -0.2) is 18.0 Å². The van der Waals surface area contributed by atoms with Gasteiger partial charge in [0.25, 0.3) is 6.43 Å². The largest absolute Gasteiger partial charge is 0.384 e. The number of benzene rings is 1. The summed E-state index contributed by atoms with van der Waals surface area (Å²) in [6, 6.07) is 3.03. The van der Waals surface area contributed by atoms with Crippen LogP contribution in [0.25, 0.3) is 0 Å². The number of amides is 2. The number of aliphatic hydroxyl groups is 1. The van der Waals surface area contributed by atoms with Crippen molar-refractivity contribution in [1.29, 1.82) is 0 Å². The predicted molar refractivity (Wildman–Crippen MR) is 72.2 cm³/mol. The van der Waals surface area contributed by atoms with Crippen LogP contribution in [0.15, 0.2) is 18.2 Å². The van der Waals surface area contributed by atoms with E-state index in [0.717, 1.165) is 12.1 Å². The molecule has 0 spiro atoms. The Morgan fingerprint density at radius 3 is 2.48 bits per heavy atom. The van der Waals surface area contributed by atoms with E-state index in [2.05, 4.69) is 5.32 Å². The minimum atomic E-state index is -2.84. The zero-order chi connectivity index (χ0) is 15.6. The van der Waals surface area contributed by atoms with Crippen LogP contribution in [0, 0.1) is 5.82 Å². The molecule has 0 aromatic heterocycles. The third-order valence-corrected chi connectivity index (χ3v) is 3.65. The summed E-state index contributed by atoms with van der Waals surface area (Å²) in [4.78, 5) is 13.2. The van der Waals surface area contributed by atoms with Crippen LogP contribution >= 0.6 is 11.6 Å². The Balaban J connectivity index is 1.96. The number of hydrogen-bond donors (Lipinski definition) is 2. The van der Waals surface area contributed by atoms with Crippen molar-refractivity contribution in [2.45, 2.75) is 24.9 Å². The minimum Gasteiger partial charge on any atom is -0.384 e. The number of rotatable bonds is 2. The molecule has 4 nitrogen and oxygen atoms in total. The molecule has 2 amide bonds. The lowest BCUT2D eigenvalue weighted by molar-refractivity contribution is -0.121. The molecular weight excluding hydrogens is 309 g/mol. The van der Waals surface area contributed by atoms with E-state index in [1.165, 1.54) is 11.0 Å². The summed E-state index contributed by atoms with van der Waals surface area (Å²) >= 11 is 5.67. The van der Waals surface area contributed by atoms with Gasteiger partial charge in [-0.05, 0) is 31.0 Å². The van der Waals surface area contributed by atoms with E-state index in [-0.39, 0.29) is 36.6 Å². The van der Waals surface area contributed by atoms with E-state index in [4.69, 9.17) is 11.6 Å². The van der Waals surface area contributed by atoms with Gasteiger partial charge >= 0.3 is 6.03 Å². The van der Waals surface area contributed by atoms with Crippen LogP contribution in [0.1, 0.15) is 12.8 Å². The predicted octanol–water partition coefficient (Wildman–Crippen LogP) is 3.10. The highest BCUT2D eigenvalue weighted by Gasteiger charge is 2.41. The van der Waals surface area contributed by atoms with Crippen LogP contribution in [-0.2, 0) is 0 Å². The highest BCUT2D eigenvalue weighted by atomic mass is 35.5.